The molecule has 5 nitrogen and oxygen atoms in total. The fourth-order valence-corrected chi connectivity index (χ4v) is 1.13. The Bertz CT molecular complexity index is 387. The molecule has 0 aromatic heterocycles. The van der Waals surface area contributed by atoms with Crippen LogP contribution in [0.5, 0.6) is 0 Å². The maximum atomic E-state index is 11.5. The number of amides is 2. The van der Waals surface area contributed by atoms with E-state index < -0.39 is 12.0 Å². The lowest BCUT2D eigenvalue weighted by molar-refractivity contribution is -0.137. The van der Waals surface area contributed by atoms with Gasteiger partial charge < -0.3 is 15.3 Å². The maximum absolute atomic E-state index is 11.5. The number of carboxylic acids is 1. The van der Waals surface area contributed by atoms with E-state index in [2.05, 4.69) is 5.32 Å². The molecule has 0 saturated carbocycles. The van der Waals surface area contributed by atoms with Crippen LogP contribution in [-0.2, 0) is 4.79 Å². The highest BCUT2D eigenvalue weighted by molar-refractivity contribution is 5.91. The van der Waals surface area contributed by atoms with Crippen molar-refractivity contribution >= 4 is 17.7 Å². The second-order valence-electron chi connectivity index (χ2n) is 3.55. The topological polar surface area (TPSA) is 69.6 Å². The second-order valence-corrected chi connectivity index (χ2v) is 3.55. The molecule has 0 aliphatic rings. The maximum Gasteiger partial charge on any atom is 0.323 e. The summed E-state index contributed by atoms with van der Waals surface area (Å²) in [7, 11) is 1.43. The highest BCUT2D eigenvalue weighted by Gasteiger charge is 2.11. The SMILES string of the molecule is Cc1ccc(NC(=O)N(C)CC(=O)O)cc1. The van der Waals surface area contributed by atoms with Gasteiger partial charge in [0.2, 0.25) is 0 Å². The van der Waals surface area contributed by atoms with Gasteiger partial charge in [-0.25, -0.2) is 4.79 Å². The minimum Gasteiger partial charge on any atom is -0.480 e. The van der Waals surface area contributed by atoms with Gasteiger partial charge in [0.1, 0.15) is 6.54 Å². The molecule has 0 aliphatic heterocycles. The Morgan fingerprint density at radius 3 is 2.38 bits per heavy atom. The molecule has 0 aliphatic carbocycles. The molecule has 86 valence electrons. The summed E-state index contributed by atoms with van der Waals surface area (Å²) in [5.41, 5.74) is 1.74. The van der Waals surface area contributed by atoms with Gasteiger partial charge in [-0.15, -0.1) is 0 Å². The number of carbonyl (C=O) groups excluding carboxylic acids is 1. The predicted molar refractivity (Wildman–Crippen MR) is 60.5 cm³/mol. The minimum atomic E-state index is -1.04. The number of benzene rings is 1. The van der Waals surface area contributed by atoms with Gasteiger partial charge in [-0.1, -0.05) is 17.7 Å². The standard InChI is InChI=1S/C11H14N2O3/c1-8-3-5-9(6-4-8)12-11(16)13(2)7-10(14)15/h3-6H,7H2,1-2H3,(H,12,16)(H,14,15). The van der Waals surface area contributed by atoms with E-state index in [9.17, 15) is 9.59 Å². The molecule has 16 heavy (non-hydrogen) atoms. The first-order chi connectivity index (χ1) is 7.49. The molecule has 0 spiro atoms. The van der Waals surface area contributed by atoms with Gasteiger partial charge in [0.25, 0.3) is 0 Å². The number of hydrogen-bond acceptors (Lipinski definition) is 2. The van der Waals surface area contributed by atoms with Gasteiger partial charge in [0, 0.05) is 12.7 Å². The fraction of sp³-hybridized carbons (Fsp3) is 0.273. The van der Waals surface area contributed by atoms with Crippen molar-refractivity contribution in [2.75, 3.05) is 18.9 Å². The van der Waals surface area contributed by atoms with E-state index >= 15 is 0 Å². The van der Waals surface area contributed by atoms with Gasteiger partial charge in [0.05, 0.1) is 0 Å². The number of carboxylic acid groups (broad SMARTS) is 1. The Morgan fingerprint density at radius 1 is 1.31 bits per heavy atom. The third-order valence-electron chi connectivity index (χ3n) is 2.02. The average molecular weight is 222 g/mol. The number of urea groups is 1. The van der Waals surface area contributed by atoms with E-state index in [0.29, 0.717) is 5.69 Å². The molecule has 2 amide bonds. The molecule has 5 heteroatoms. The normalized spacial score (nSPS) is 9.62. The van der Waals surface area contributed by atoms with Crippen LogP contribution >= 0.6 is 0 Å². The molecule has 0 bridgehead atoms. The molecule has 1 rings (SSSR count). The van der Waals surface area contributed by atoms with Gasteiger partial charge in [-0.2, -0.15) is 0 Å². The highest BCUT2D eigenvalue weighted by Crippen LogP contribution is 2.08. The zero-order chi connectivity index (χ0) is 12.1. The van der Waals surface area contributed by atoms with Crippen molar-refractivity contribution in [3.8, 4) is 0 Å². The summed E-state index contributed by atoms with van der Waals surface area (Å²) in [5, 5.41) is 11.1. The van der Waals surface area contributed by atoms with Crippen LogP contribution in [0.15, 0.2) is 24.3 Å². The van der Waals surface area contributed by atoms with Crippen LogP contribution in [0.4, 0.5) is 10.5 Å². The Balaban J connectivity index is 2.57. The average Bonchev–Trinajstić information content (AvgIpc) is 2.20. The number of aliphatic carboxylic acids is 1. The number of hydrogen-bond donors (Lipinski definition) is 2. The van der Waals surface area contributed by atoms with Crippen LogP contribution in [0, 0.1) is 6.92 Å². The molecule has 0 saturated heterocycles. The lowest BCUT2D eigenvalue weighted by atomic mass is 10.2. The lowest BCUT2D eigenvalue weighted by Gasteiger charge is -2.15. The van der Waals surface area contributed by atoms with Crippen molar-refractivity contribution in [1.29, 1.82) is 0 Å². The molecule has 0 heterocycles. The Kier molecular flexibility index (Phi) is 3.88. The number of carbonyl (C=O) groups is 2. The van der Waals surface area contributed by atoms with Crippen molar-refractivity contribution in [3.05, 3.63) is 29.8 Å². The van der Waals surface area contributed by atoms with Crippen LogP contribution in [0.25, 0.3) is 0 Å². The molecular weight excluding hydrogens is 208 g/mol. The summed E-state index contributed by atoms with van der Waals surface area (Å²) in [6.07, 6.45) is 0. The molecule has 2 N–H and O–H groups in total. The summed E-state index contributed by atoms with van der Waals surface area (Å²) in [6.45, 7) is 1.62. The zero-order valence-electron chi connectivity index (χ0n) is 9.23. The van der Waals surface area contributed by atoms with Crippen molar-refractivity contribution in [3.63, 3.8) is 0 Å². The number of likely N-dealkylation sites (N-methyl/N-ethyl adjacent to an activating group) is 1. The summed E-state index contributed by atoms with van der Waals surface area (Å²) >= 11 is 0. The molecule has 0 atom stereocenters. The third kappa shape index (κ3) is 3.61. The summed E-state index contributed by atoms with van der Waals surface area (Å²) < 4.78 is 0. The zero-order valence-corrected chi connectivity index (χ0v) is 9.23. The third-order valence-corrected chi connectivity index (χ3v) is 2.02. The van der Waals surface area contributed by atoms with Crippen molar-refractivity contribution < 1.29 is 14.7 Å². The lowest BCUT2D eigenvalue weighted by Crippen LogP contribution is -2.35. The van der Waals surface area contributed by atoms with Crippen molar-refractivity contribution in [2.24, 2.45) is 0 Å². The van der Waals surface area contributed by atoms with Gasteiger partial charge >= 0.3 is 12.0 Å². The van der Waals surface area contributed by atoms with E-state index in [4.69, 9.17) is 5.11 Å². The van der Waals surface area contributed by atoms with Crippen molar-refractivity contribution in [1.82, 2.24) is 4.90 Å². The van der Waals surface area contributed by atoms with E-state index in [1.807, 2.05) is 19.1 Å². The van der Waals surface area contributed by atoms with E-state index in [0.717, 1.165) is 10.5 Å². The van der Waals surface area contributed by atoms with Crippen LogP contribution < -0.4 is 5.32 Å². The van der Waals surface area contributed by atoms with Gasteiger partial charge in [-0.3, -0.25) is 4.79 Å². The summed E-state index contributed by atoms with van der Waals surface area (Å²) in [4.78, 5) is 23.0. The number of anilines is 1. The van der Waals surface area contributed by atoms with Gasteiger partial charge in [0.15, 0.2) is 0 Å². The Morgan fingerprint density at radius 2 is 1.88 bits per heavy atom. The number of nitrogens with one attached hydrogen (secondary N) is 1. The van der Waals surface area contributed by atoms with Crippen LogP contribution in [0.1, 0.15) is 5.56 Å². The van der Waals surface area contributed by atoms with E-state index in [-0.39, 0.29) is 6.54 Å². The second kappa shape index (κ2) is 5.16. The quantitative estimate of drug-likeness (QED) is 0.815. The first-order valence-corrected chi connectivity index (χ1v) is 4.79. The van der Waals surface area contributed by atoms with Crippen LogP contribution in [0.2, 0.25) is 0 Å². The summed E-state index contributed by atoms with van der Waals surface area (Å²) in [5.74, 6) is -1.04. The van der Waals surface area contributed by atoms with Crippen LogP contribution in [0.3, 0.4) is 0 Å². The molecule has 1 aromatic rings. The molecular formula is C11H14N2O3. The molecule has 1 aromatic carbocycles. The molecule has 0 fully saturated rings. The first kappa shape index (κ1) is 12.0. The van der Waals surface area contributed by atoms with E-state index in [1.54, 1.807) is 12.1 Å². The van der Waals surface area contributed by atoms with E-state index in [1.165, 1.54) is 7.05 Å². The van der Waals surface area contributed by atoms with Crippen molar-refractivity contribution in [2.45, 2.75) is 6.92 Å². The smallest absolute Gasteiger partial charge is 0.323 e. The minimum absolute atomic E-state index is 0.322. The Labute approximate surface area is 93.7 Å². The largest absolute Gasteiger partial charge is 0.480 e. The monoisotopic (exact) mass is 222 g/mol. The molecule has 0 unspecified atom stereocenters. The number of nitrogens with zero attached hydrogens (tertiary/aromatic N) is 1. The highest BCUT2D eigenvalue weighted by atomic mass is 16.4. The Hall–Kier alpha value is -2.04. The summed E-state index contributed by atoms with van der Waals surface area (Å²) in [6, 6.07) is 6.83. The number of rotatable bonds is 3. The van der Waals surface area contributed by atoms with Crippen LogP contribution in [-0.4, -0.2) is 35.6 Å². The first-order valence-electron chi connectivity index (χ1n) is 4.79. The molecule has 0 radical (unpaired) electrons. The number of aryl methyl sites for hydroxylation is 1. The fourth-order valence-electron chi connectivity index (χ4n) is 1.13. The predicted octanol–water partition coefficient (Wildman–Crippen LogP) is 1.54. The van der Waals surface area contributed by atoms with Gasteiger partial charge in [-0.05, 0) is 19.1 Å².